The molecule has 2 aromatic heterocycles. The van der Waals surface area contributed by atoms with Gasteiger partial charge >= 0.3 is 5.69 Å². The number of pyridine rings is 1. The molecule has 0 radical (unpaired) electrons. The van der Waals surface area contributed by atoms with Crippen molar-refractivity contribution in [3.05, 3.63) is 63.2 Å². The zero-order chi connectivity index (χ0) is 14.3. The van der Waals surface area contributed by atoms with Gasteiger partial charge in [0.25, 0.3) is 11.2 Å². The van der Waals surface area contributed by atoms with E-state index in [1.54, 1.807) is 31.4 Å². The third-order valence-corrected chi connectivity index (χ3v) is 3.22. The van der Waals surface area contributed by atoms with Gasteiger partial charge in [0.15, 0.2) is 0 Å². The zero-order valence-corrected chi connectivity index (χ0v) is 10.6. The first-order chi connectivity index (χ1) is 9.58. The summed E-state index contributed by atoms with van der Waals surface area (Å²) in [5.74, 6) is -0.346. The van der Waals surface area contributed by atoms with Crippen LogP contribution in [0.1, 0.15) is 0 Å². The number of hydrogen-bond acceptors (Lipinski definition) is 2. The van der Waals surface area contributed by atoms with Gasteiger partial charge in [-0.05, 0) is 23.8 Å². The summed E-state index contributed by atoms with van der Waals surface area (Å²) in [7, 11) is 1.56. The average molecular weight is 272 g/mol. The van der Waals surface area contributed by atoms with E-state index < -0.39 is 11.2 Å². The molecule has 0 atom stereocenters. The van der Waals surface area contributed by atoms with Crippen LogP contribution in [0, 0.1) is 5.82 Å². The molecule has 0 saturated carbocycles. The summed E-state index contributed by atoms with van der Waals surface area (Å²) in [5.41, 5.74) is 0.792. The SMILES string of the molecule is Cn1c(=O)[nH]c(=O)c2c(-c3ccc(F)cc3)cc[nH+]c21. The normalized spacial score (nSPS) is 10.9. The van der Waals surface area contributed by atoms with Crippen molar-refractivity contribution < 1.29 is 9.37 Å². The van der Waals surface area contributed by atoms with E-state index in [9.17, 15) is 14.0 Å². The second-order valence-electron chi connectivity index (χ2n) is 4.44. The number of halogens is 1. The number of aromatic amines is 2. The Hall–Kier alpha value is -2.76. The van der Waals surface area contributed by atoms with E-state index >= 15 is 0 Å². The van der Waals surface area contributed by atoms with Crippen molar-refractivity contribution >= 4 is 11.0 Å². The van der Waals surface area contributed by atoms with Crippen LogP contribution < -0.4 is 16.2 Å². The zero-order valence-electron chi connectivity index (χ0n) is 10.6. The monoisotopic (exact) mass is 272 g/mol. The minimum atomic E-state index is -0.491. The molecule has 100 valence electrons. The molecule has 0 aliphatic carbocycles. The van der Waals surface area contributed by atoms with Crippen LogP contribution in [0.2, 0.25) is 0 Å². The van der Waals surface area contributed by atoms with Crippen molar-refractivity contribution in [3.8, 4) is 11.1 Å². The predicted molar refractivity (Wildman–Crippen MR) is 71.8 cm³/mol. The summed E-state index contributed by atoms with van der Waals surface area (Å²) in [6.45, 7) is 0. The number of benzene rings is 1. The summed E-state index contributed by atoms with van der Waals surface area (Å²) in [5, 5.41) is 0.362. The number of aromatic nitrogens is 3. The Labute approximate surface area is 112 Å². The number of fused-ring (bicyclic) bond motifs is 1. The fourth-order valence-electron chi connectivity index (χ4n) is 2.20. The first-order valence-corrected chi connectivity index (χ1v) is 5.97. The number of nitrogens with zero attached hydrogens (tertiary/aromatic N) is 1. The largest absolute Gasteiger partial charge is 0.415 e. The summed E-state index contributed by atoms with van der Waals surface area (Å²) in [6, 6.07) is 7.56. The van der Waals surface area contributed by atoms with Gasteiger partial charge in [0, 0.05) is 5.56 Å². The van der Waals surface area contributed by atoms with Gasteiger partial charge in [0.2, 0.25) is 0 Å². The van der Waals surface area contributed by atoms with Crippen LogP contribution in [0.15, 0.2) is 46.1 Å². The molecule has 0 fully saturated rings. The first-order valence-electron chi connectivity index (χ1n) is 5.97. The van der Waals surface area contributed by atoms with Gasteiger partial charge in [-0.2, -0.15) is 4.57 Å². The van der Waals surface area contributed by atoms with Crippen LogP contribution >= 0.6 is 0 Å². The van der Waals surface area contributed by atoms with Gasteiger partial charge in [-0.3, -0.25) is 9.78 Å². The molecule has 1 aromatic carbocycles. The Balaban J connectivity index is 2.44. The Morgan fingerprint density at radius 2 is 1.85 bits per heavy atom. The molecule has 3 aromatic rings. The number of H-pyrrole nitrogens is 2. The summed E-state index contributed by atoms with van der Waals surface area (Å²) < 4.78 is 14.3. The van der Waals surface area contributed by atoms with Crippen molar-refractivity contribution in [1.82, 2.24) is 9.55 Å². The Morgan fingerprint density at radius 1 is 1.15 bits per heavy atom. The van der Waals surface area contributed by atoms with Gasteiger partial charge in [-0.15, -0.1) is 0 Å². The van der Waals surface area contributed by atoms with Crippen molar-refractivity contribution in [1.29, 1.82) is 0 Å². The quantitative estimate of drug-likeness (QED) is 0.713. The fourth-order valence-corrected chi connectivity index (χ4v) is 2.20. The fraction of sp³-hybridized carbons (Fsp3) is 0.0714. The highest BCUT2D eigenvalue weighted by Crippen LogP contribution is 2.23. The molecular formula is C14H11FN3O2+. The van der Waals surface area contributed by atoms with Crippen molar-refractivity contribution in [2.24, 2.45) is 7.05 Å². The lowest BCUT2D eigenvalue weighted by Gasteiger charge is -2.04. The molecule has 0 aliphatic heterocycles. The lowest BCUT2D eigenvalue weighted by Crippen LogP contribution is -2.32. The molecule has 3 rings (SSSR count). The van der Waals surface area contributed by atoms with E-state index in [1.807, 2.05) is 0 Å². The van der Waals surface area contributed by atoms with E-state index in [1.165, 1.54) is 16.7 Å². The third-order valence-electron chi connectivity index (χ3n) is 3.22. The van der Waals surface area contributed by atoms with Crippen LogP contribution in [0.4, 0.5) is 4.39 Å². The molecular weight excluding hydrogens is 261 g/mol. The van der Waals surface area contributed by atoms with Gasteiger partial charge in [0.1, 0.15) is 11.2 Å². The Kier molecular flexibility index (Phi) is 2.71. The van der Waals surface area contributed by atoms with Gasteiger partial charge in [-0.25, -0.2) is 14.2 Å². The number of nitrogens with one attached hydrogen (secondary N) is 2. The van der Waals surface area contributed by atoms with Crippen LogP contribution in [-0.4, -0.2) is 9.55 Å². The van der Waals surface area contributed by atoms with Crippen molar-refractivity contribution in [2.45, 2.75) is 0 Å². The molecule has 0 aliphatic rings. The lowest BCUT2D eigenvalue weighted by molar-refractivity contribution is -0.349. The minimum absolute atomic E-state index is 0.346. The van der Waals surface area contributed by atoms with E-state index in [4.69, 9.17) is 0 Å². The first kappa shape index (κ1) is 12.3. The molecule has 0 spiro atoms. The van der Waals surface area contributed by atoms with E-state index in [0.29, 0.717) is 22.2 Å². The number of rotatable bonds is 1. The smallest absolute Gasteiger partial charge is 0.268 e. The molecule has 0 amide bonds. The molecule has 2 N–H and O–H groups in total. The summed E-state index contributed by atoms with van der Waals surface area (Å²) in [4.78, 5) is 28.8. The van der Waals surface area contributed by atoms with Crippen LogP contribution in [-0.2, 0) is 7.05 Å². The highest BCUT2D eigenvalue weighted by atomic mass is 19.1. The van der Waals surface area contributed by atoms with Crippen LogP contribution in [0.5, 0.6) is 0 Å². The maximum absolute atomic E-state index is 13.0. The maximum atomic E-state index is 13.0. The van der Waals surface area contributed by atoms with E-state index in [2.05, 4.69) is 9.97 Å². The number of aryl methyl sites for hydroxylation is 1. The van der Waals surface area contributed by atoms with Crippen LogP contribution in [0.3, 0.4) is 0 Å². The second kappa shape index (κ2) is 4.41. The molecule has 0 saturated heterocycles. The minimum Gasteiger partial charge on any atom is -0.268 e. The third kappa shape index (κ3) is 1.82. The van der Waals surface area contributed by atoms with Crippen molar-refractivity contribution in [2.75, 3.05) is 0 Å². The number of hydrogen-bond donors (Lipinski definition) is 1. The molecule has 0 bridgehead atoms. The Morgan fingerprint density at radius 3 is 2.55 bits per heavy atom. The summed E-state index contributed by atoms with van der Waals surface area (Å²) >= 11 is 0. The average Bonchev–Trinajstić information content (AvgIpc) is 2.45. The maximum Gasteiger partial charge on any atom is 0.415 e. The van der Waals surface area contributed by atoms with Crippen molar-refractivity contribution in [3.63, 3.8) is 0 Å². The van der Waals surface area contributed by atoms with E-state index in [-0.39, 0.29) is 5.82 Å². The lowest BCUT2D eigenvalue weighted by atomic mass is 10.0. The topological polar surface area (TPSA) is 69.0 Å². The molecule has 6 heteroatoms. The van der Waals surface area contributed by atoms with E-state index in [0.717, 1.165) is 0 Å². The highest BCUT2D eigenvalue weighted by Gasteiger charge is 2.16. The highest BCUT2D eigenvalue weighted by molar-refractivity contribution is 5.90. The molecule has 2 heterocycles. The van der Waals surface area contributed by atoms with Gasteiger partial charge in [-0.1, -0.05) is 12.1 Å². The standard InChI is InChI=1S/C14H10FN3O2/c1-18-12-11(13(19)17-14(18)20)10(6-7-16-12)8-2-4-9(15)5-3-8/h2-7H,1H3,(H,17,19,20)/p+1. The van der Waals surface area contributed by atoms with Gasteiger partial charge in [0.05, 0.1) is 13.2 Å². The van der Waals surface area contributed by atoms with Gasteiger partial charge < -0.3 is 0 Å². The molecule has 0 unspecified atom stereocenters. The molecule has 20 heavy (non-hydrogen) atoms. The second-order valence-corrected chi connectivity index (χ2v) is 4.44. The Bertz CT molecular complexity index is 910. The summed E-state index contributed by atoms with van der Waals surface area (Å²) in [6.07, 6.45) is 1.64. The molecule has 5 nitrogen and oxygen atoms in total. The predicted octanol–water partition coefficient (Wildman–Crippen LogP) is 0.847. The van der Waals surface area contributed by atoms with Crippen LogP contribution in [0.25, 0.3) is 22.2 Å².